The molecule has 12 rings (SSSR count). The fraction of sp³-hybridized carbons (Fsp3) is 0.0204. The van der Waals surface area contributed by atoms with Gasteiger partial charge in [0.15, 0.2) is 0 Å². The Hall–Kier alpha value is -6.58. The van der Waals surface area contributed by atoms with Gasteiger partial charge in [-0.25, -0.2) is 0 Å². The van der Waals surface area contributed by atoms with Crippen LogP contribution in [0, 0.1) is 0 Å². The van der Waals surface area contributed by atoms with Gasteiger partial charge >= 0.3 is 0 Å². The zero-order valence-corrected chi connectivity index (χ0v) is 28.1. The van der Waals surface area contributed by atoms with Gasteiger partial charge in [0.2, 0.25) is 0 Å². The minimum atomic E-state index is -0.441. The summed E-state index contributed by atoms with van der Waals surface area (Å²) < 4.78 is 13.0. The third kappa shape index (κ3) is 3.60. The van der Waals surface area contributed by atoms with Gasteiger partial charge in [-0.3, -0.25) is 0 Å². The summed E-state index contributed by atoms with van der Waals surface area (Å²) in [5.74, 6) is 3.53. The Morgan fingerprint density at radius 2 is 0.827 bits per heavy atom. The van der Waals surface area contributed by atoms with Crippen LogP contribution >= 0.6 is 0 Å². The number of hydrogen-bond acceptors (Lipinski definition) is 2. The van der Waals surface area contributed by atoms with E-state index in [1.54, 1.807) is 0 Å². The monoisotopic (exact) mass is 660 g/mol. The van der Waals surface area contributed by atoms with Crippen LogP contribution in [0.5, 0.6) is 23.0 Å². The molecular formula is C49H29BO2. The van der Waals surface area contributed by atoms with E-state index >= 15 is 0 Å². The highest BCUT2D eigenvalue weighted by molar-refractivity contribution is 6.98. The van der Waals surface area contributed by atoms with E-state index in [9.17, 15) is 0 Å². The van der Waals surface area contributed by atoms with Gasteiger partial charge in [-0.05, 0) is 114 Å². The molecule has 2 aliphatic heterocycles. The Kier molecular flexibility index (Phi) is 5.55. The van der Waals surface area contributed by atoms with Crippen LogP contribution in [0.25, 0.3) is 44.5 Å². The molecule has 4 aliphatic rings. The average molecular weight is 661 g/mol. The third-order valence-electron chi connectivity index (χ3n) is 11.8. The molecule has 8 aromatic carbocycles. The average Bonchev–Trinajstić information content (AvgIpc) is 3.67. The van der Waals surface area contributed by atoms with E-state index in [4.69, 9.17) is 9.47 Å². The van der Waals surface area contributed by atoms with Crippen molar-refractivity contribution in [1.29, 1.82) is 0 Å². The summed E-state index contributed by atoms with van der Waals surface area (Å²) in [6.45, 7) is 0.0230. The summed E-state index contributed by atoms with van der Waals surface area (Å²) in [7, 11) is 0. The topological polar surface area (TPSA) is 18.5 Å². The SMILES string of the molecule is c1ccc(-c2ccc3c(c2)C2(c4ccccc4-c4ccccc42)c2cc(-c4ccc5c(c4)B4c6ccccc6Oc6cccc(c64)O5)ccc2-3)cc1. The van der Waals surface area contributed by atoms with Crippen LogP contribution in [0.4, 0.5) is 0 Å². The highest BCUT2D eigenvalue weighted by Crippen LogP contribution is 2.63. The molecule has 0 bridgehead atoms. The van der Waals surface area contributed by atoms with E-state index in [1.165, 1.54) is 72.2 Å². The Balaban J connectivity index is 1.09. The molecule has 0 N–H and O–H groups in total. The summed E-state index contributed by atoms with van der Waals surface area (Å²) in [4.78, 5) is 0. The van der Waals surface area contributed by atoms with Crippen molar-refractivity contribution in [2.75, 3.05) is 0 Å². The van der Waals surface area contributed by atoms with Crippen molar-refractivity contribution in [3.05, 3.63) is 198 Å². The van der Waals surface area contributed by atoms with Crippen molar-refractivity contribution in [3.8, 4) is 67.5 Å². The minimum absolute atomic E-state index is 0.0230. The van der Waals surface area contributed by atoms with Gasteiger partial charge in [-0.1, -0.05) is 140 Å². The molecule has 1 spiro atoms. The Bertz CT molecular complexity index is 2760. The van der Waals surface area contributed by atoms with E-state index in [0.29, 0.717) is 0 Å². The molecule has 2 nitrogen and oxygen atoms in total. The van der Waals surface area contributed by atoms with Crippen LogP contribution in [-0.2, 0) is 5.41 Å². The summed E-state index contributed by atoms with van der Waals surface area (Å²) >= 11 is 0. The Labute approximate surface area is 302 Å². The first-order valence-electron chi connectivity index (χ1n) is 18.0. The predicted molar refractivity (Wildman–Crippen MR) is 211 cm³/mol. The lowest BCUT2D eigenvalue weighted by atomic mass is 9.35. The van der Waals surface area contributed by atoms with Crippen LogP contribution in [0.3, 0.4) is 0 Å². The third-order valence-corrected chi connectivity index (χ3v) is 11.8. The molecule has 0 atom stereocenters. The van der Waals surface area contributed by atoms with Crippen molar-refractivity contribution in [2.24, 2.45) is 0 Å². The molecule has 0 radical (unpaired) electrons. The highest BCUT2D eigenvalue weighted by Gasteiger charge is 2.52. The number of rotatable bonds is 2. The number of benzene rings is 8. The summed E-state index contributed by atoms with van der Waals surface area (Å²) in [6, 6.07) is 64.3. The van der Waals surface area contributed by atoms with Gasteiger partial charge < -0.3 is 9.47 Å². The van der Waals surface area contributed by atoms with Crippen molar-refractivity contribution >= 4 is 23.1 Å². The van der Waals surface area contributed by atoms with Gasteiger partial charge in [0.25, 0.3) is 6.71 Å². The number of para-hydroxylation sites is 1. The first-order valence-corrected chi connectivity index (χ1v) is 18.0. The van der Waals surface area contributed by atoms with E-state index in [-0.39, 0.29) is 6.71 Å². The van der Waals surface area contributed by atoms with Gasteiger partial charge in [-0.15, -0.1) is 0 Å². The second-order valence-electron chi connectivity index (χ2n) is 14.3. The van der Waals surface area contributed by atoms with Gasteiger partial charge in [0.05, 0.1) is 5.41 Å². The van der Waals surface area contributed by atoms with Gasteiger partial charge in [0, 0.05) is 5.46 Å². The Morgan fingerprint density at radius 1 is 0.327 bits per heavy atom. The van der Waals surface area contributed by atoms with E-state index < -0.39 is 5.41 Å². The maximum atomic E-state index is 6.57. The standard InChI is InChI=1S/C49H29BO2/c1-2-11-30(12-3-1)31-21-24-36-37-25-22-32(28-41(37)49(40(36)27-31)38-15-6-4-13-34(38)35-14-5-7-16-39(35)49)33-23-26-45-43(29-33)50-42-17-8-9-18-44(42)51-46-19-10-20-47(52-45)48(46)50/h1-29H. The van der Waals surface area contributed by atoms with Crippen molar-refractivity contribution in [2.45, 2.75) is 5.41 Å². The van der Waals surface area contributed by atoms with Gasteiger partial charge in [0.1, 0.15) is 23.0 Å². The fourth-order valence-electron chi connectivity index (χ4n) is 9.69. The Morgan fingerprint density at radius 3 is 1.52 bits per heavy atom. The zero-order valence-electron chi connectivity index (χ0n) is 28.1. The lowest BCUT2D eigenvalue weighted by molar-refractivity contribution is 0.464. The smallest absolute Gasteiger partial charge is 0.260 e. The lowest BCUT2D eigenvalue weighted by Gasteiger charge is -2.33. The van der Waals surface area contributed by atoms with Crippen molar-refractivity contribution in [1.82, 2.24) is 0 Å². The highest BCUT2D eigenvalue weighted by atomic mass is 16.5. The van der Waals surface area contributed by atoms with Crippen LogP contribution in [0.2, 0.25) is 0 Å². The molecule has 52 heavy (non-hydrogen) atoms. The molecule has 0 unspecified atom stereocenters. The lowest BCUT2D eigenvalue weighted by Crippen LogP contribution is -2.57. The molecule has 240 valence electrons. The molecule has 0 saturated carbocycles. The molecule has 2 aliphatic carbocycles. The maximum absolute atomic E-state index is 6.57. The molecular weight excluding hydrogens is 631 g/mol. The molecule has 0 aromatic heterocycles. The molecule has 8 aromatic rings. The predicted octanol–water partition coefficient (Wildman–Crippen LogP) is 10.1. The van der Waals surface area contributed by atoms with Gasteiger partial charge in [-0.2, -0.15) is 0 Å². The van der Waals surface area contributed by atoms with E-state index in [1.807, 2.05) is 12.1 Å². The van der Waals surface area contributed by atoms with E-state index in [0.717, 1.165) is 33.9 Å². The minimum Gasteiger partial charge on any atom is -0.458 e. The number of fused-ring (bicyclic) bond motifs is 14. The molecule has 0 fully saturated rings. The van der Waals surface area contributed by atoms with Crippen molar-refractivity contribution in [3.63, 3.8) is 0 Å². The fourth-order valence-corrected chi connectivity index (χ4v) is 9.69. The quantitative estimate of drug-likeness (QED) is 0.172. The first kappa shape index (κ1) is 28.2. The molecule has 0 amide bonds. The summed E-state index contributed by atoms with van der Waals surface area (Å²) in [5.41, 5.74) is 18.4. The summed E-state index contributed by atoms with van der Waals surface area (Å²) in [5, 5.41) is 0. The first-order chi connectivity index (χ1) is 25.8. The zero-order chi connectivity index (χ0) is 34.0. The maximum Gasteiger partial charge on any atom is 0.260 e. The van der Waals surface area contributed by atoms with Crippen LogP contribution in [0.1, 0.15) is 22.3 Å². The summed E-state index contributed by atoms with van der Waals surface area (Å²) in [6.07, 6.45) is 0. The largest absolute Gasteiger partial charge is 0.458 e. The second kappa shape index (κ2) is 10.2. The molecule has 2 heterocycles. The normalized spacial score (nSPS) is 14.2. The number of hydrogen-bond donors (Lipinski definition) is 0. The van der Waals surface area contributed by atoms with Crippen molar-refractivity contribution < 1.29 is 9.47 Å². The van der Waals surface area contributed by atoms with E-state index in [2.05, 4.69) is 164 Å². The van der Waals surface area contributed by atoms with Crippen LogP contribution < -0.4 is 25.9 Å². The number of ether oxygens (including phenoxy) is 2. The second-order valence-corrected chi connectivity index (χ2v) is 14.3. The van der Waals surface area contributed by atoms with Crippen LogP contribution in [0.15, 0.2) is 176 Å². The molecule has 0 saturated heterocycles. The molecule has 3 heteroatoms. The van der Waals surface area contributed by atoms with Crippen LogP contribution in [-0.4, -0.2) is 6.71 Å².